The summed E-state index contributed by atoms with van der Waals surface area (Å²) in [5.41, 5.74) is -2.81. The molecule has 0 amide bonds. The van der Waals surface area contributed by atoms with Gasteiger partial charge in [0, 0.05) is 37.2 Å². The summed E-state index contributed by atoms with van der Waals surface area (Å²) in [6, 6.07) is 1.13. The van der Waals surface area contributed by atoms with Crippen LogP contribution in [0.2, 0.25) is 5.02 Å². The number of anilines is 1. The summed E-state index contributed by atoms with van der Waals surface area (Å²) < 4.78 is 73.9. The van der Waals surface area contributed by atoms with E-state index in [9.17, 15) is 31.5 Å². The van der Waals surface area contributed by atoms with Gasteiger partial charge >= 0.3 is 12.1 Å². The zero-order valence-corrected chi connectivity index (χ0v) is 19.5. The average Bonchev–Trinajstić information content (AvgIpc) is 2.91. The number of H-pyrrole nitrogens is 1. The molecule has 0 aromatic carbocycles. The number of hydrogen-bond donors (Lipinski definition) is 1. The summed E-state index contributed by atoms with van der Waals surface area (Å²) in [4.78, 5) is 33.5. The molecule has 0 unspecified atom stereocenters. The molecule has 0 bridgehead atoms. The Morgan fingerprint density at radius 1 is 1.26 bits per heavy atom. The van der Waals surface area contributed by atoms with Crippen molar-refractivity contribution >= 4 is 23.4 Å². The Bertz CT molecular complexity index is 1160. The van der Waals surface area contributed by atoms with E-state index in [2.05, 4.69) is 9.97 Å². The van der Waals surface area contributed by atoms with E-state index in [0.717, 1.165) is 6.07 Å². The van der Waals surface area contributed by atoms with Crippen LogP contribution < -0.4 is 10.3 Å². The predicted octanol–water partition coefficient (Wildman–Crippen LogP) is 5.53. The van der Waals surface area contributed by atoms with Crippen LogP contribution in [0.4, 0.5) is 27.8 Å². The first kappa shape index (κ1) is 25.9. The third-order valence-corrected chi connectivity index (χ3v) is 6.00. The molecule has 186 valence electrons. The number of nitrogens with zero attached hydrogens (tertiary/aromatic N) is 2. The van der Waals surface area contributed by atoms with E-state index in [-0.39, 0.29) is 59.5 Å². The first-order valence-corrected chi connectivity index (χ1v) is 11.0. The highest BCUT2D eigenvalue weighted by Crippen LogP contribution is 2.39. The van der Waals surface area contributed by atoms with Gasteiger partial charge in [0.2, 0.25) is 11.4 Å². The molecule has 6 nitrogen and oxygen atoms in total. The number of carbonyl (C=O) groups excluding carboxylic acids is 1. The van der Waals surface area contributed by atoms with Crippen LogP contribution in [0.1, 0.15) is 53.5 Å². The van der Waals surface area contributed by atoms with Gasteiger partial charge in [-0.15, -0.1) is 0 Å². The third-order valence-electron chi connectivity index (χ3n) is 5.55. The highest BCUT2D eigenvalue weighted by Gasteiger charge is 2.38. The molecule has 1 fully saturated rings. The lowest BCUT2D eigenvalue weighted by molar-refractivity contribution is -0.141. The van der Waals surface area contributed by atoms with Crippen molar-refractivity contribution < 1.29 is 31.5 Å². The van der Waals surface area contributed by atoms with Gasteiger partial charge in [-0.05, 0) is 38.8 Å². The minimum atomic E-state index is -4.81. The van der Waals surface area contributed by atoms with Crippen LogP contribution in [0.15, 0.2) is 10.9 Å². The van der Waals surface area contributed by atoms with Crippen LogP contribution >= 0.6 is 11.6 Å². The van der Waals surface area contributed by atoms with Crippen LogP contribution in [0.25, 0.3) is 11.3 Å². The number of nitrogens with one attached hydrogen (secondary N) is 1. The number of esters is 1. The molecule has 0 spiro atoms. The molecule has 1 saturated heterocycles. The third kappa shape index (κ3) is 5.18. The monoisotopic (exact) mass is 507 g/mol. The molecule has 34 heavy (non-hydrogen) atoms. The second kappa shape index (κ2) is 9.52. The first-order valence-electron chi connectivity index (χ1n) is 10.6. The second-order valence-corrected chi connectivity index (χ2v) is 8.46. The zero-order valence-electron chi connectivity index (χ0n) is 18.7. The van der Waals surface area contributed by atoms with E-state index >= 15 is 0 Å². The van der Waals surface area contributed by atoms with Crippen molar-refractivity contribution in [3.05, 3.63) is 43.8 Å². The number of aromatic nitrogens is 2. The molecule has 1 N–H and O–H groups in total. The first-order chi connectivity index (χ1) is 15.8. The lowest BCUT2D eigenvalue weighted by Gasteiger charge is -2.27. The molecule has 0 radical (unpaired) electrons. The van der Waals surface area contributed by atoms with Gasteiger partial charge < -0.3 is 14.6 Å². The van der Waals surface area contributed by atoms with Gasteiger partial charge in [-0.2, -0.15) is 13.2 Å². The predicted molar refractivity (Wildman–Crippen MR) is 117 cm³/mol. The van der Waals surface area contributed by atoms with Gasteiger partial charge in [-0.1, -0.05) is 11.6 Å². The van der Waals surface area contributed by atoms with Crippen molar-refractivity contribution in [3.63, 3.8) is 0 Å². The molecule has 0 atom stereocenters. The van der Waals surface area contributed by atoms with Crippen molar-refractivity contribution in [1.82, 2.24) is 9.97 Å². The molecule has 1 aliphatic rings. The van der Waals surface area contributed by atoms with E-state index in [4.69, 9.17) is 16.3 Å². The van der Waals surface area contributed by atoms with Crippen molar-refractivity contribution in [1.29, 1.82) is 0 Å². The van der Waals surface area contributed by atoms with Crippen molar-refractivity contribution in [2.45, 2.75) is 52.1 Å². The van der Waals surface area contributed by atoms with Gasteiger partial charge in [0.25, 0.3) is 0 Å². The lowest BCUT2D eigenvalue weighted by Crippen LogP contribution is -2.29. The Labute approximate surface area is 197 Å². The fourth-order valence-corrected chi connectivity index (χ4v) is 4.03. The highest BCUT2D eigenvalue weighted by molar-refractivity contribution is 6.31. The zero-order chi connectivity index (χ0) is 25.4. The smallest absolute Gasteiger partial charge is 0.433 e. The molecule has 3 heterocycles. The van der Waals surface area contributed by atoms with Gasteiger partial charge in [0.1, 0.15) is 22.1 Å². The molecule has 12 heteroatoms. The Morgan fingerprint density at radius 3 is 2.56 bits per heavy atom. The molecular weight excluding hydrogens is 485 g/mol. The number of hydrogen-bond acceptors (Lipinski definition) is 5. The maximum Gasteiger partial charge on any atom is 0.433 e. The number of halogens is 6. The molecule has 3 rings (SSSR count). The minimum Gasteiger partial charge on any atom is -0.462 e. The number of aryl methyl sites for hydroxylation is 2. The Kier molecular flexibility index (Phi) is 7.26. The minimum absolute atomic E-state index is 0.0154. The molecular formula is C22H23ClF5N3O3. The highest BCUT2D eigenvalue weighted by atomic mass is 35.5. The number of ether oxygens (including phenoxy) is 1. The number of alkyl halides is 5. The van der Waals surface area contributed by atoms with Gasteiger partial charge in [-0.3, -0.25) is 4.79 Å². The molecule has 0 saturated carbocycles. The van der Waals surface area contributed by atoms with Crippen molar-refractivity contribution in [2.75, 3.05) is 24.6 Å². The number of pyridine rings is 2. The number of rotatable bonds is 4. The topological polar surface area (TPSA) is 75.3 Å². The average molecular weight is 508 g/mol. The van der Waals surface area contributed by atoms with Crippen LogP contribution in [-0.4, -0.2) is 41.6 Å². The van der Waals surface area contributed by atoms with Crippen molar-refractivity contribution in [3.8, 4) is 11.3 Å². The largest absolute Gasteiger partial charge is 0.462 e. The quantitative estimate of drug-likeness (QED) is 0.435. The number of aromatic amines is 1. The van der Waals surface area contributed by atoms with Gasteiger partial charge in [0.15, 0.2) is 0 Å². The Balaban J connectivity index is 2.33. The normalized spacial score (nSPS) is 16.3. The summed E-state index contributed by atoms with van der Waals surface area (Å²) in [5, 5.41) is -0.278. The van der Waals surface area contributed by atoms with E-state index in [1.807, 2.05) is 0 Å². The SMILES string of the molecule is CCOC(=O)c1c(-c2cc(C)c(C(F)(F)F)nc2N2CCCC(F)(F)CC2)[nH]c(C)c(Cl)c1=O. The van der Waals surface area contributed by atoms with E-state index in [1.165, 1.54) is 25.7 Å². The summed E-state index contributed by atoms with van der Waals surface area (Å²) >= 11 is 6.03. The van der Waals surface area contributed by atoms with E-state index in [1.54, 1.807) is 0 Å². The van der Waals surface area contributed by atoms with Crippen LogP contribution in [0, 0.1) is 13.8 Å². The van der Waals surface area contributed by atoms with Crippen LogP contribution in [0.3, 0.4) is 0 Å². The maximum atomic E-state index is 14.0. The fourth-order valence-electron chi connectivity index (χ4n) is 3.89. The molecule has 1 aliphatic heterocycles. The van der Waals surface area contributed by atoms with Gasteiger partial charge in [0.05, 0.1) is 12.3 Å². The van der Waals surface area contributed by atoms with Crippen LogP contribution in [0.5, 0.6) is 0 Å². The van der Waals surface area contributed by atoms with E-state index in [0.29, 0.717) is 0 Å². The van der Waals surface area contributed by atoms with Crippen LogP contribution in [-0.2, 0) is 10.9 Å². The standard InChI is InChI=1S/C22H23ClF5N3O3/c1-4-34-20(33)14-16(29-12(3)15(23)17(14)32)13-10-11(2)18(22(26,27)28)30-19(13)31-8-5-6-21(24,25)7-9-31/h10H,4-9H2,1-3H3,(H,29,32). The maximum absolute atomic E-state index is 14.0. The Hall–Kier alpha value is -2.69. The number of carbonyl (C=O) groups is 1. The molecule has 2 aromatic heterocycles. The summed E-state index contributed by atoms with van der Waals surface area (Å²) in [5.74, 6) is -4.25. The van der Waals surface area contributed by atoms with Gasteiger partial charge in [-0.25, -0.2) is 18.6 Å². The lowest BCUT2D eigenvalue weighted by atomic mass is 10.0. The summed E-state index contributed by atoms with van der Waals surface area (Å²) in [6.07, 6.45) is -5.78. The van der Waals surface area contributed by atoms with E-state index < -0.39 is 47.6 Å². The molecule has 2 aromatic rings. The molecule has 0 aliphatic carbocycles. The fraction of sp³-hybridized carbons (Fsp3) is 0.500. The Morgan fingerprint density at radius 2 is 1.94 bits per heavy atom. The second-order valence-electron chi connectivity index (χ2n) is 8.08. The summed E-state index contributed by atoms with van der Waals surface area (Å²) in [7, 11) is 0. The summed E-state index contributed by atoms with van der Waals surface area (Å²) in [6.45, 7) is 3.85. The van der Waals surface area contributed by atoms with Crippen molar-refractivity contribution in [2.24, 2.45) is 0 Å².